The van der Waals surface area contributed by atoms with Gasteiger partial charge in [-0.25, -0.2) is 4.79 Å². The normalized spacial score (nSPS) is 10.0. The molecule has 0 spiro atoms. The van der Waals surface area contributed by atoms with Crippen molar-refractivity contribution in [3.05, 3.63) is 18.0 Å². The molecule has 0 aliphatic heterocycles. The first kappa shape index (κ1) is 9.77. The lowest BCUT2D eigenvalue weighted by Crippen LogP contribution is -2.14. The molecule has 0 N–H and O–H groups in total. The van der Waals surface area contributed by atoms with Crippen LogP contribution in [0.4, 0.5) is 4.79 Å². The van der Waals surface area contributed by atoms with E-state index >= 15 is 0 Å². The monoisotopic (exact) mass is 182 g/mol. The van der Waals surface area contributed by atoms with Crippen molar-refractivity contribution in [3.63, 3.8) is 0 Å². The lowest BCUT2D eigenvalue weighted by atomic mass is 10.4. The number of carbonyl (C=O) groups excluding carboxylic acids is 1. The zero-order chi connectivity index (χ0) is 9.68. The van der Waals surface area contributed by atoms with Crippen molar-refractivity contribution in [2.75, 3.05) is 6.61 Å². The van der Waals surface area contributed by atoms with Gasteiger partial charge in [-0.15, -0.1) is 0 Å². The van der Waals surface area contributed by atoms with Gasteiger partial charge in [-0.2, -0.15) is 9.78 Å². The van der Waals surface area contributed by atoms with Gasteiger partial charge in [0.05, 0.1) is 12.3 Å². The highest BCUT2D eigenvalue weighted by Crippen LogP contribution is 1.95. The van der Waals surface area contributed by atoms with Crippen molar-refractivity contribution in [3.8, 4) is 0 Å². The lowest BCUT2D eigenvalue weighted by molar-refractivity contribution is 0.142. The first-order valence-corrected chi connectivity index (χ1v) is 4.43. The topological polar surface area (TPSA) is 44.1 Å². The number of hydrogen-bond donors (Lipinski definition) is 0. The van der Waals surface area contributed by atoms with Crippen LogP contribution in [0.25, 0.3) is 0 Å². The van der Waals surface area contributed by atoms with Crippen LogP contribution in [0.1, 0.15) is 25.5 Å². The van der Waals surface area contributed by atoms with Gasteiger partial charge in [-0.05, 0) is 19.4 Å². The van der Waals surface area contributed by atoms with E-state index in [0.717, 1.165) is 18.5 Å². The van der Waals surface area contributed by atoms with Gasteiger partial charge in [0, 0.05) is 6.20 Å². The number of nitrogens with zero attached hydrogens (tertiary/aromatic N) is 2. The van der Waals surface area contributed by atoms with Crippen LogP contribution in [0, 0.1) is 6.92 Å². The first-order chi connectivity index (χ1) is 6.24. The SMILES string of the molecule is CCCCOC(=O)n1ccc(C)n1. The average Bonchev–Trinajstić information content (AvgIpc) is 2.52. The molecule has 0 saturated heterocycles. The van der Waals surface area contributed by atoms with Gasteiger partial charge in [0.1, 0.15) is 0 Å². The van der Waals surface area contributed by atoms with Crippen LogP contribution in [0.3, 0.4) is 0 Å². The van der Waals surface area contributed by atoms with Gasteiger partial charge in [-0.3, -0.25) is 0 Å². The summed E-state index contributed by atoms with van der Waals surface area (Å²) in [7, 11) is 0. The molecule has 72 valence electrons. The van der Waals surface area contributed by atoms with Crippen molar-refractivity contribution in [1.29, 1.82) is 0 Å². The Hall–Kier alpha value is -1.32. The zero-order valence-electron chi connectivity index (χ0n) is 7.99. The maximum Gasteiger partial charge on any atom is 0.434 e. The predicted octanol–water partition coefficient (Wildman–Crippen LogP) is 1.98. The summed E-state index contributed by atoms with van der Waals surface area (Å²) >= 11 is 0. The van der Waals surface area contributed by atoms with Crippen LogP contribution < -0.4 is 0 Å². The molecule has 4 nitrogen and oxygen atoms in total. The third kappa shape index (κ3) is 2.89. The Labute approximate surface area is 77.5 Å². The van der Waals surface area contributed by atoms with Crippen molar-refractivity contribution < 1.29 is 9.53 Å². The molecule has 0 aliphatic rings. The van der Waals surface area contributed by atoms with E-state index in [1.165, 1.54) is 4.68 Å². The second-order valence-corrected chi connectivity index (χ2v) is 2.87. The number of hydrogen-bond acceptors (Lipinski definition) is 3. The Morgan fingerprint density at radius 3 is 3.00 bits per heavy atom. The average molecular weight is 182 g/mol. The minimum atomic E-state index is -0.401. The highest BCUT2D eigenvalue weighted by atomic mass is 16.6. The van der Waals surface area contributed by atoms with Gasteiger partial charge in [0.2, 0.25) is 0 Å². The van der Waals surface area contributed by atoms with Crippen LogP contribution in [0.2, 0.25) is 0 Å². The predicted molar refractivity (Wildman–Crippen MR) is 48.6 cm³/mol. The van der Waals surface area contributed by atoms with E-state index in [2.05, 4.69) is 5.10 Å². The number of carbonyl (C=O) groups is 1. The summed E-state index contributed by atoms with van der Waals surface area (Å²) in [6, 6.07) is 1.76. The molecule has 0 unspecified atom stereocenters. The van der Waals surface area contributed by atoms with E-state index < -0.39 is 6.09 Å². The van der Waals surface area contributed by atoms with Crippen LogP contribution >= 0.6 is 0 Å². The third-order valence-corrected chi connectivity index (χ3v) is 1.63. The summed E-state index contributed by atoms with van der Waals surface area (Å²) in [5.41, 5.74) is 0.812. The van der Waals surface area contributed by atoms with Crippen molar-refractivity contribution in [1.82, 2.24) is 9.78 Å². The fourth-order valence-electron chi connectivity index (χ4n) is 0.887. The standard InChI is InChI=1S/C9H14N2O2/c1-3-4-7-13-9(12)11-6-5-8(2)10-11/h5-6H,3-4,7H2,1-2H3. The molecule has 0 saturated carbocycles. The largest absolute Gasteiger partial charge is 0.448 e. The van der Waals surface area contributed by atoms with Crippen LogP contribution in [-0.4, -0.2) is 22.5 Å². The summed E-state index contributed by atoms with van der Waals surface area (Å²) in [4.78, 5) is 11.2. The summed E-state index contributed by atoms with van der Waals surface area (Å²) in [6.45, 7) is 4.34. The Morgan fingerprint density at radius 1 is 1.69 bits per heavy atom. The Morgan fingerprint density at radius 2 is 2.46 bits per heavy atom. The lowest BCUT2D eigenvalue weighted by Gasteiger charge is -2.01. The van der Waals surface area contributed by atoms with Crippen LogP contribution in [0.5, 0.6) is 0 Å². The van der Waals surface area contributed by atoms with Crippen molar-refractivity contribution in [2.45, 2.75) is 26.7 Å². The van der Waals surface area contributed by atoms with Gasteiger partial charge in [-0.1, -0.05) is 13.3 Å². The molecular weight excluding hydrogens is 168 g/mol. The molecule has 0 radical (unpaired) electrons. The Bertz CT molecular complexity index is 281. The molecule has 13 heavy (non-hydrogen) atoms. The molecule has 1 aromatic rings. The molecule has 1 rings (SSSR count). The maximum absolute atomic E-state index is 11.2. The van der Waals surface area contributed by atoms with E-state index in [4.69, 9.17) is 4.74 Å². The summed E-state index contributed by atoms with van der Waals surface area (Å²) in [5.74, 6) is 0. The van der Waals surface area contributed by atoms with Gasteiger partial charge in [0.15, 0.2) is 0 Å². The molecule has 0 atom stereocenters. The Balaban J connectivity index is 2.40. The molecule has 1 heterocycles. The number of aromatic nitrogens is 2. The van der Waals surface area contributed by atoms with E-state index in [1.807, 2.05) is 13.8 Å². The first-order valence-electron chi connectivity index (χ1n) is 4.43. The number of rotatable bonds is 3. The molecule has 1 aromatic heterocycles. The zero-order valence-corrected chi connectivity index (χ0v) is 7.99. The van der Waals surface area contributed by atoms with Crippen molar-refractivity contribution in [2.24, 2.45) is 0 Å². The highest BCUT2D eigenvalue weighted by molar-refractivity contribution is 5.69. The van der Waals surface area contributed by atoms with Gasteiger partial charge < -0.3 is 4.74 Å². The minimum Gasteiger partial charge on any atom is -0.448 e. The molecule has 0 fully saturated rings. The third-order valence-electron chi connectivity index (χ3n) is 1.63. The molecule has 0 amide bonds. The molecule has 0 aromatic carbocycles. The van der Waals surface area contributed by atoms with Crippen LogP contribution in [0.15, 0.2) is 12.3 Å². The van der Waals surface area contributed by atoms with Gasteiger partial charge >= 0.3 is 6.09 Å². The van der Waals surface area contributed by atoms with Crippen LogP contribution in [-0.2, 0) is 4.74 Å². The molecule has 0 aliphatic carbocycles. The molecular formula is C9H14N2O2. The quantitative estimate of drug-likeness (QED) is 0.671. The van der Waals surface area contributed by atoms with E-state index in [0.29, 0.717) is 6.61 Å². The maximum atomic E-state index is 11.2. The fourth-order valence-corrected chi connectivity index (χ4v) is 0.887. The second-order valence-electron chi connectivity index (χ2n) is 2.87. The van der Waals surface area contributed by atoms with Crippen molar-refractivity contribution >= 4 is 6.09 Å². The minimum absolute atomic E-state index is 0.401. The molecule has 4 heteroatoms. The molecule has 0 bridgehead atoms. The summed E-state index contributed by atoms with van der Waals surface area (Å²) < 4.78 is 6.16. The fraction of sp³-hybridized carbons (Fsp3) is 0.556. The number of unbranched alkanes of at least 4 members (excludes halogenated alkanes) is 1. The van der Waals surface area contributed by atoms with E-state index in [-0.39, 0.29) is 0 Å². The number of ether oxygens (including phenoxy) is 1. The summed E-state index contributed by atoms with van der Waals surface area (Å²) in [5, 5.41) is 3.93. The second kappa shape index (κ2) is 4.64. The van der Waals surface area contributed by atoms with E-state index in [9.17, 15) is 4.79 Å². The van der Waals surface area contributed by atoms with Gasteiger partial charge in [0.25, 0.3) is 0 Å². The summed E-state index contributed by atoms with van der Waals surface area (Å²) in [6.07, 6.45) is 3.11. The Kier molecular flexibility index (Phi) is 3.49. The van der Waals surface area contributed by atoms with E-state index in [1.54, 1.807) is 12.3 Å². The smallest absolute Gasteiger partial charge is 0.434 e. The highest BCUT2D eigenvalue weighted by Gasteiger charge is 2.05. The number of aryl methyl sites for hydroxylation is 1.